The number of rotatable bonds is 3. The molecule has 90 valence electrons. The van der Waals surface area contributed by atoms with Crippen LogP contribution in [-0.2, 0) is 13.1 Å². The summed E-state index contributed by atoms with van der Waals surface area (Å²) in [5, 5.41) is 0.418. The van der Waals surface area contributed by atoms with E-state index in [0.29, 0.717) is 18.1 Å². The second kappa shape index (κ2) is 4.85. The first-order valence-corrected chi connectivity index (χ1v) is 5.64. The zero-order valence-electron chi connectivity index (χ0n) is 9.45. The topological polar surface area (TPSA) is 43.8 Å². The van der Waals surface area contributed by atoms with E-state index >= 15 is 0 Å². The van der Waals surface area contributed by atoms with Gasteiger partial charge in [-0.25, -0.2) is 9.37 Å². The monoisotopic (exact) mass is 253 g/mol. The average Bonchev–Trinajstić information content (AvgIpc) is 2.64. The summed E-state index contributed by atoms with van der Waals surface area (Å²) in [5.74, 6) is 0.533. The minimum Gasteiger partial charge on any atom is -0.327 e. The third-order valence-corrected chi connectivity index (χ3v) is 3.04. The molecule has 0 spiro atoms. The number of nitrogens with two attached hydrogens (primary N) is 1. The highest BCUT2D eigenvalue weighted by molar-refractivity contribution is 6.31. The molecule has 0 aliphatic carbocycles. The molecule has 2 aromatic rings. The van der Waals surface area contributed by atoms with Crippen LogP contribution in [-0.4, -0.2) is 9.55 Å². The fourth-order valence-electron chi connectivity index (χ4n) is 1.71. The van der Waals surface area contributed by atoms with E-state index in [0.717, 1.165) is 17.1 Å². The third kappa shape index (κ3) is 2.48. The minimum absolute atomic E-state index is 0.333. The molecule has 0 amide bonds. The SMILES string of the molecule is Cc1ncc(CN)n1Cc1ccc(F)cc1Cl. The fraction of sp³-hybridized carbons (Fsp3) is 0.250. The average molecular weight is 254 g/mol. The van der Waals surface area contributed by atoms with Crippen LogP contribution in [0.1, 0.15) is 17.1 Å². The molecule has 1 heterocycles. The lowest BCUT2D eigenvalue weighted by molar-refractivity contribution is 0.625. The summed E-state index contributed by atoms with van der Waals surface area (Å²) < 4.78 is 14.9. The van der Waals surface area contributed by atoms with Gasteiger partial charge in [-0.15, -0.1) is 0 Å². The number of hydrogen-bond donors (Lipinski definition) is 1. The van der Waals surface area contributed by atoms with Crippen LogP contribution in [0.4, 0.5) is 4.39 Å². The van der Waals surface area contributed by atoms with Crippen LogP contribution in [0.3, 0.4) is 0 Å². The first-order chi connectivity index (χ1) is 8.11. The molecule has 0 aliphatic rings. The normalized spacial score (nSPS) is 10.8. The van der Waals surface area contributed by atoms with Gasteiger partial charge in [-0.2, -0.15) is 0 Å². The Morgan fingerprint density at radius 2 is 2.24 bits per heavy atom. The molecule has 1 aromatic heterocycles. The van der Waals surface area contributed by atoms with E-state index in [-0.39, 0.29) is 5.82 Å². The maximum atomic E-state index is 12.9. The van der Waals surface area contributed by atoms with E-state index in [1.165, 1.54) is 12.1 Å². The van der Waals surface area contributed by atoms with Crippen molar-refractivity contribution >= 4 is 11.6 Å². The zero-order valence-corrected chi connectivity index (χ0v) is 10.2. The predicted octanol–water partition coefficient (Wildman–Crippen LogP) is 2.49. The second-order valence-corrected chi connectivity index (χ2v) is 4.23. The van der Waals surface area contributed by atoms with E-state index in [1.54, 1.807) is 12.3 Å². The number of benzene rings is 1. The van der Waals surface area contributed by atoms with Gasteiger partial charge in [0, 0.05) is 17.8 Å². The molecular weight excluding hydrogens is 241 g/mol. The molecule has 2 rings (SSSR count). The summed E-state index contributed by atoms with van der Waals surface area (Å²) in [6.07, 6.45) is 1.74. The highest BCUT2D eigenvalue weighted by atomic mass is 35.5. The Morgan fingerprint density at radius 1 is 1.47 bits per heavy atom. The number of aromatic nitrogens is 2. The molecule has 0 radical (unpaired) electrons. The van der Waals surface area contributed by atoms with Crippen molar-refractivity contribution in [2.24, 2.45) is 5.73 Å². The van der Waals surface area contributed by atoms with Gasteiger partial charge in [0.2, 0.25) is 0 Å². The summed E-state index contributed by atoms with van der Waals surface area (Å²) in [4.78, 5) is 4.20. The van der Waals surface area contributed by atoms with Gasteiger partial charge in [-0.1, -0.05) is 17.7 Å². The molecule has 1 aromatic carbocycles. The number of hydrogen-bond acceptors (Lipinski definition) is 2. The van der Waals surface area contributed by atoms with E-state index in [9.17, 15) is 4.39 Å². The van der Waals surface area contributed by atoms with Gasteiger partial charge in [0.25, 0.3) is 0 Å². The van der Waals surface area contributed by atoms with Gasteiger partial charge in [-0.05, 0) is 24.6 Å². The van der Waals surface area contributed by atoms with Crippen molar-refractivity contribution < 1.29 is 4.39 Å². The summed E-state index contributed by atoms with van der Waals surface area (Å²) in [7, 11) is 0. The number of aryl methyl sites for hydroxylation is 1. The van der Waals surface area contributed by atoms with Crippen LogP contribution < -0.4 is 5.73 Å². The molecule has 0 fully saturated rings. The van der Waals surface area contributed by atoms with Crippen molar-refractivity contribution in [2.75, 3.05) is 0 Å². The Kier molecular flexibility index (Phi) is 3.45. The summed E-state index contributed by atoms with van der Waals surface area (Å²) in [6.45, 7) is 2.87. The molecule has 0 atom stereocenters. The van der Waals surface area contributed by atoms with Crippen molar-refractivity contribution in [1.29, 1.82) is 0 Å². The van der Waals surface area contributed by atoms with Crippen LogP contribution in [0, 0.1) is 12.7 Å². The van der Waals surface area contributed by atoms with E-state index < -0.39 is 0 Å². The molecule has 0 saturated heterocycles. The van der Waals surface area contributed by atoms with Crippen LogP contribution >= 0.6 is 11.6 Å². The van der Waals surface area contributed by atoms with Crippen molar-refractivity contribution in [1.82, 2.24) is 9.55 Å². The molecule has 17 heavy (non-hydrogen) atoms. The first kappa shape index (κ1) is 12.1. The third-order valence-electron chi connectivity index (χ3n) is 2.69. The maximum Gasteiger partial charge on any atom is 0.124 e. The predicted molar refractivity (Wildman–Crippen MR) is 65.4 cm³/mol. The Bertz CT molecular complexity index is 537. The number of imidazole rings is 1. The molecule has 0 bridgehead atoms. The number of halogens is 2. The van der Waals surface area contributed by atoms with Gasteiger partial charge in [-0.3, -0.25) is 0 Å². The van der Waals surface area contributed by atoms with E-state index in [4.69, 9.17) is 17.3 Å². The Morgan fingerprint density at radius 3 is 2.88 bits per heavy atom. The molecule has 0 saturated carbocycles. The van der Waals surface area contributed by atoms with Crippen LogP contribution in [0.2, 0.25) is 5.02 Å². The molecule has 0 aliphatic heterocycles. The molecule has 5 heteroatoms. The van der Waals surface area contributed by atoms with Crippen molar-refractivity contribution in [2.45, 2.75) is 20.0 Å². The number of nitrogens with zero attached hydrogens (tertiary/aromatic N) is 2. The van der Waals surface area contributed by atoms with E-state index in [2.05, 4.69) is 4.98 Å². The minimum atomic E-state index is -0.333. The largest absolute Gasteiger partial charge is 0.327 e. The van der Waals surface area contributed by atoms with Gasteiger partial charge in [0.15, 0.2) is 0 Å². The standard InChI is InChI=1S/C12H13ClFN3/c1-8-16-6-11(5-15)17(8)7-9-2-3-10(14)4-12(9)13/h2-4,6H,5,7,15H2,1H3. The Labute approximate surface area is 104 Å². The molecule has 2 N–H and O–H groups in total. The van der Waals surface area contributed by atoms with Crippen LogP contribution in [0.5, 0.6) is 0 Å². The van der Waals surface area contributed by atoms with Crippen LogP contribution in [0.15, 0.2) is 24.4 Å². The Hall–Kier alpha value is -1.39. The lowest BCUT2D eigenvalue weighted by Gasteiger charge is -2.10. The smallest absolute Gasteiger partial charge is 0.124 e. The van der Waals surface area contributed by atoms with Crippen molar-refractivity contribution in [3.63, 3.8) is 0 Å². The van der Waals surface area contributed by atoms with E-state index in [1.807, 2.05) is 11.5 Å². The van der Waals surface area contributed by atoms with Gasteiger partial charge >= 0.3 is 0 Å². The lowest BCUT2D eigenvalue weighted by atomic mass is 10.2. The Balaban J connectivity index is 2.34. The summed E-state index contributed by atoms with van der Waals surface area (Å²) in [6, 6.07) is 4.39. The van der Waals surface area contributed by atoms with Gasteiger partial charge in [0.05, 0.1) is 12.2 Å². The van der Waals surface area contributed by atoms with Crippen molar-refractivity contribution in [3.8, 4) is 0 Å². The van der Waals surface area contributed by atoms with Crippen LogP contribution in [0.25, 0.3) is 0 Å². The van der Waals surface area contributed by atoms with Gasteiger partial charge < -0.3 is 10.3 Å². The van der Waals surface area contributed by atoms with Crippen molar-refractivity contribution in [3.05, 3.63) is 52.3 Å². The highest BCUT2D eigenvalue weighted by Gasteiger charge is 2.08. The fourth-order valence-corrected chi connectivity index (χ4v) is 1.94. The lowest BCUT2D eigenvalue weighted by Crippen LogP contribution is -2.10. The summed E-state index contributed by atoms with van der Waals surface area (Å²) in [5.41, 5.74) is 7.41. The molecule has 3 nitrogen and oxygen atoms in total. The zero-order chi connectivity index (χ0) is 12.4. The molecular formula is C12H13ClFN3. The molecule has 0 unspecified atom stereocenters. The first-order valence-electron chi connectivity index (χ1n) is 5.27. The van der Waals surface area contributed by atoms with Gasteiger partial charge in [0.1, 0.15) is 11.6 Å². The quantitative estimate of drug-likeness (QED) is 0.913. The highest BCUT2D eigenvalue weighted by Crippen LogP contribution is 2.19. The summed E-state index contributed by atoms with van der Waals surface area (Å²) >= 11 is 5.99. The second-order valence-electron chi connectivity index (χ2n) is 3.82. The maximum absolute atomic E-state index is 12.9.